The molecule has 0 heterocycles. The van der Waals surface area contributed by atoms with E-state index in [-0.39, 0.29) is 24.4 Å². The third kappa shape index (κ3) is 7.43. The van der Waals surface area contributed by atoms with Crippen molar-refractivity contribution in [3.05, 3.63) is 96.1 Å². The van der Waals surface area contributed by atoms with E-state index in [2.05, 4.69) is 12.1 Å². The molecule has 0 bridgehead atoms. The van der Waals surface area contributed by atoms with Crippen molar-refractivity contribution in [3.8, 4) is 5.75 Å². The van der Waals surface area contributed by atoms with Crippen molar-refractivity contribution in [2.45, 2.75) is 37.0 Å². The van der Waals surface area contributed by atoms with Gasteiger partial charge in [0.25, 0.3) is 10.0 Å². The molecule has 0 saturated heterocycles. The summed E-state index contributed by atoms with van der Waals surface area (Å²) in [6.07, 6.45) is 3.06. The Labute approximate surface area is 202 Å². The molecule has 0 radical (unpaired) electrons. The molecule has 3 rings (SSSR count). The fourth-order valence-corrected chi connectivity index (χ4v) is 5.12. The van der Waals surface area contributed by atoms with Gasteiger partial charge in [-0.15, -0.1) is 0 Å². The minimum absolute atomic E-state index is 0.0115. The number of nitrogens with zero attached hydrogens (tertiary/aromatic N) is 1. The third-order valence-corrected chi connectivity index (χ3v) is 7.27. The molecule has 0 atom stereocenters. The zero-order valence-electron chi connectivity index (χ0n) is 19.3. The smallest absolute Gasteiger partial charge is 0.266 e. The summed E-state index contributed by atoms with van der Waals surface area (Å²) < 4.78 is 32.8. The van der Waals surface area contributed by atoms with Gasteiger partial charge in [0.2, 0.25) is 5.91 Å². The number of hydrogen-bond donors (Lipinski definition) is 1. The summed E-state index contributed by atoms with van der Waals surface area (Å²) >= 11 is 0. The molecule has 0 saturated carbocycles. The number of sulfonamides is 1. The van der Waals surface area contributed by atoms with E-state index in [1.54, 1.807) is 18.2 Å². The Balaban J connectivity index is 1.50. The first-order valence-corrected chi connectivity index (χ1v) is 13.0. The van der Waals surface area contributed by atoms with E-state index < -0.39 is 15.9 Å². The van der Waals surface area contributed by atoms with Crippen LogP contribution >= 0.6 is 0 Å². The summed E-state index contributed by atoms with van der Waals surface area (Å²) in [5.74, 6) is 0.328. The largest absolute Gasteiger partial charge is 0.494 e. The molecule has 1 amide bonds. The van der Waals surface area contributed by atoms with Gasteiger partial charge in [-0.05, 0) is 61.1 Å². The topological polar surface area (TPSA) is 89.7 Å². The predicted molar refractivity (Wildman–Crippen MR) is 134 cm³/mol. The molecular formula is C27H32N2O4S. The quantitative estimate of drug-likeness (QED) is 0.371. The SMILES string of the molecule is NCCC(=O)N(CCCc1ccc(OCCCc2ccccc2)cc1)S(=O)(=O)c1ccccc1. The van der Waals surface area contributed by atoms with Gasteiger partial charge in [0.15, 0.2) is 0 Å². The Morgan fingerprint density at radius 1 is 0.794 bits per heavy atom. The van der Waals surface area contributed by atoms with Gasteiger partial charge >= 0.3 is 0 Å². The van der Waals surface area contributed by atoms with Crippen molar-refractivity contribution in [2.75, 3.05) is 19.7 Å². The van der Waals surface area contributed by atoms with E-state index in [9.17, 15) is 13.2 Å². The molecule has 180 valence electrons. The first-order chi connectivity index (χ1) is 16.5. The van der Waals surface area contributed by atoms with E-state index in [4.69, 9.17) is 10.5 Å². The van der Waals surface area contributed by atoms with Crippen molar-refractivity contribution < 1.29 is 17.9 Å². The Morgan fingerprint density at radius 3 is 2.03 bits per heavy atom. The number of hydrogen-bond acceptors (Lipinski definition) is 5. The lowest BCUT2D eigenvalue weighted by Gasteiger charge is -2.22. The Bertz CT molecular complexity index is 1120. The highest BCUT2D eigenvalue weighted by atomic mass is 32.2. The van der Waals surface area contributed by atoms with Crippen LogP contribution in [0, 0.1) is 0 Å². The van der Waals surface area contributed by atoms with E-state index in [1.165, 1.54) is 17.7 Å². The number of rotatable bonds is 13. The van der Waals surface area contributed by atoms with Crippen LogP contribution in [0.25, 0.3) is 0 Å². The highest BCUT2D eigenvalue weighted by molar-refractivity contribution is 7.89. The molecule has 3 aromatic rings. The molecule has 6 nitrogen and oxygen atoms in total. The molecule has 0 aliphatic heterocycles. The zero-order valence-corrected chi connectivity index (χ0v) is 20.1. The summed E-state index contributed by atoms with van der Waals surface area (Å²) in [6, 6.07) is 26.1. The third-order valence-electron chi connectivity index (χ3n) is 5.44. The van der Waals surface area contributed by atoms with Crippen LogP contribution in [0.15, 0.2) is 89.8 Å². The van der Waals surface area contributed by atoms with Gasteiger partial charge in [-0.1, -0.05) is 60.7 Å². The van der Waals surface area contributed by atoms with Crippen LogP contribution in [-0.2, 0) is 27.7 Å². The van der Waals surface area contributed by atoms with Crippen LogP contribution in [0.1, 0.15) is 30.4 Å². The average molecular weight is 481 g/mol. The summed E-state index contributed by atoms with van der Waals surface area (Å²) in [6.45, 7) is 0.851. The van der Waals surface area contributed by atoms with Gasteiger partial charge in [0.1, 0.15) is 5.75 Å². The van der Waals surface area contributed by atoms with Crippen molar-refractivity contribution in [3.63, 3.8) is 0 Å². The van der Waals surface area contributed by atoms with Gasteiger partial charge in [0, 0.05) is 19.5 Å². The summed E-state index contributed by atoms with van der Waals surface area (Å²) in [5.41, 5.74) is 7.86. The number of aryl methyl sites for hydroxylation is 2. The normalized spacial score (nSPS) is 11.2. The zero-order chi connectivity index (χ0) is 24.2. The van der Waals surface area contributed by atoms with Crippen LogP contribution in [0.3, 0.4) is 0 Å². The second-order valence-corrected chi connectivity index (χ2v) is 9.87. The molecule has 0 fully saturated rings. The second kappa shape index (κ2) is 12.9. The maximum Gasteiger partial charge on any atom is 0.266 e. The monoisotopic (exact) mass is 480 g/mol. The van der Waals surface area contributed by atoms with Crippen LogP contribution < -0.4 is 10.5 Å². The van der Waals surface area contributed by atoms with Crippen LogP contribution in [0.2, 0.25) is 0 Å². The number of benzene rings is 3. The minimum atomic E-state index is -3.91. The fourth-order valence-electron chi connectivity index (χ4n) is 3.64. The fraction of sp³-hybridized carbons (Fsp3) is 0.296. The van der Waals surface area contributed by atoms with E-state index in [0.29, 0.717) is 19.4 Å². The molecule has 7 heteroatoms. The summed E-state index contributed by atoms with van der Waals surface area (Å²) in [4.78, 5) is 12.6. The average Bonchev–Trinajstić information content (AvgIpc) is 2.86. The van der Waals surface area contributed by atoms with E-state index in [1.807, 2.05) is 42.5 Å². The molecule has 0 spiro atoms. The Morgan fingerprint density at radius 2 is 1.38 bits per heavy atom. The van der Waals surface area contributed by atoms with Crippen molar-refractivity contribution in [2.24, 2.45) is 5.73 Å². The number of ether oxygens (including phenoxy) is 1. The van der Waals surface area contributed by atoms with Gasteiger partial charge < -0.3 is 10.5 Å². The Hall–Kier alpha value is -3.16. The summed E-state index contributed by atoms with van der Waals surface area (Å²) in [5, 5.41) is 0. The lowest BCUT2D eigenvalue weighted by molar-refractivity contribution is -0.126. The number of carbonyl (C=O) groups excluding carboxylic acids is 1. The lowest BCUT2D eigenvalue weighted by atomic mass is 10.1. The van der Waals surface area contributed by atoms with Crippen LogP contribution in [0.5, 0.6) is 5.75 Å². The Kier molecular flexibility index (Phi) is 9.67. The molecule has 0 unspecified atom stereocenters. The minimum Gasteiger partial charge on any atom is -0.494 e. The first-order valence-electron chi connectivity index (χ1n) is 11.6. The molecule has 2 N–H and O–H groups in total. The molecule has 34 heavy (non-hydrogen) atoms. The molecule has 0 aliphatic carbocycles. The van der Waals surface area contributed by atoms with Crippen LogP contribution in [0.4, 0.5) is 0 Å². The van der Waals surface area contributed by atoms with Gasteiger partial charge in [-0.3, -0.25) is 4.79 Å². The molecule has 0 aliphatic rings. The van der Waals surface area contributed by atoms with Gasteiger partial charge in [0.05, 0.1) is 11.5 Å². The molecule has 3 aromatic carbocycles. The lowest BCUT2D eigenvalue weighted by Crippen LogP contribution is -2.38. The number of carbonyl (C=O) groups is 1. The highest BCUT2D eigenvalue weighted by Crippen LogP contribution is 2.19. The van der Waals surface area contributed by atoms with Gasteiger partial charge in [-0.2, -0.15) is 0 Å². The summed E-state index contributed by atoms with van der Waals surface area (Å²) in [7, 11) is -3.91. The maximum atomic E-state index is 13.0. The standard InChI is InChI=1S/C27H32N2O4S/c28-20-19-27(30)29(34(31,32)26-13-5-2-6-14-26)21-7-11-24-15-17-25(18-16-24)33-22-8-12-23-9-3-1-4-10-23/h1-6,9-10,13-18H,7-8,11-12,19-22,28H2. The highest BCUT2D eigenvalue weighted by Gasteiger charge is 2.28. The second-order valence-electron chi connectivity index (χ2n) is 8.01. The number of nitrogens with two attached hydrogens (primary N) is 1. The van der Waals surface area contributed by atoms with Gasteiger partial charge in [-0.25, -0.2) is 12.7 Å². The van der Waals surface area contributed by atoms with Crippen molar-refractivity contribution in [1.29, 1.82) is 0 Å². The van der Waals surface area contributed by atoms with Crippen molar-refractivity contribution >= 4 is 15.9 Å². The van der Waals surface area contributed by atoms with Crippen LogP contribution in [-0.4, -0.2) is 38.3 Å². The maximum absolute atomic E-state index is 13.0. The van der Waals surface area contributed by atoms with Crippen molar-refractivity contribution in [1.82, 2.24) is 4.31 Å². The predicted octanol–water partition coefficient (Wildman–Crippen LogP) is 4.20. The van der Waals surface area contributed by atoms with E-state index in [0.717, 1.165) is 28.5 Å². The number of amides is 1. The van der Waals surface area contributed by atoms with E-state index >= 15 is 0 Å². The molecular weight excluding hydrogens is 448 g/mol. The first kappa shape index (κ1) is 25.5. The molecule has 0 aromatic heterocycles.